The van der Waals surface area contributed by atoms with Crippen molar-refractivity contribution in [2.24, 2.45) is 4.99 Å². The minimum absolute atomic E-state index is 0.153. The average molecular weight is 347 g/mol. The summed E-state index contributed by atoms with van der Waals surface area (Å²) in [5.74, 6) is -1.70. The van der Waals surface area contributed by atoms with Crippen LogP contribution in [0.2, 0.25) is 0 Å². The normalized spacial score (nSPS) is 17.0. The molecule has 11 heteroatoms. The number of carbonyl (C=O) groups excluding carboxylic acids is 1. The number of carboxylic acids is 1. The van der Waals surface area contributed by atoms with Gasteiger partial charge in [-0.2, -0.15) is 26.6 Å². The minimum Gasteiger partial charge on any atom is -0.543 e. The fourth-order valence-corrected chi connectivity index (χ4v) is 2.68. The molecule has 3 rings (SSSR count). The molecule has 0 aromatic heterocycles. The van der Waals surface area contributed by atoms with Crippen molar-refractivity contribution < 1.29 is 35.7 Å². The molecule has 0 fully saturated rings. The van der Waals surface area contributed by atoms with Gasteiger partial charge in [0.1, 0.15) is 0 Å². The zero-order valence-electron chi connectivity index (χ0n) is 11.0. The molecule has 2 aliphatic heterocycles. The lowest BCUT2D eigenvalue weighted by Crippen LogP contribution is -2.48. The monoisotopic (exact) mass is 347 g/mol. The molecule has 7 nitrogen and oxygen atoms in total. The Bertz CT molecular complexity index is 965. The van der Waals surface area contributed by atoms with E-state index >= 15 is 0 Å². The van der Waals surface area contributed by atoms with Crippen molar-refractivity contribution in [2.45, 2.75) is 5.51 Å². The van der Waals surface area contributed by atoms with Gasteiger partial charge in [0.15, 0.2) is 0 Å². The fraction of sp³-hybridized carbons (Fsp3) is 0.167. The van der Waals surface area contributed by atoms with Gasteiger partial charge >= 0.3 is 21.6 Å². The number of fused-ring (bicyclic) bond motifs is 3. The van der Waals surface area contributed by atoms with Crippen LogP contribution >= 0.6 is 0 Å². The smallest absolute Gasteiger partial charge is 0.534 e. The first-order valence-electron chi connectivity index (χ1n) is 6.03. The summed E-state index contributed by atoms with van der Waals surface area (Å²) in [6.07, 6.45) is 0. The number of halogens is 3. The maximum absolute atomic E-state index is 12.4. The molecule has 0 radical (unpaired) electrons. The molecule has 1 aromatic rings. The van der Waals surface area contributed by atoms with Crippen LogP contribution in [0, 0.1) is 0 Å². The summed E-state index contributed by atoms with van der Waals surface area (Å²) in [6, 6.07) is 5.03. The molecule has 2 heterocycles. The quantitative estimate of drug-likeness (QED) is 0.463. The summed E-state index contributed by atoms with van der Waals surface area (Å²) >= 11 is 0. The van der Waals surface area contributed by atoms with Crippen molar-refractivity contribution in [3.63, 3.8) is 0 Å². The Kier molecular flexibility index (Phi) is 3.15. The highest BCUT2D eigenvalue weighted by atomic mass is 32.2. The first kappa shape index (κ1) is 15.3. The second kappa shape index (κ2) is 4.72. The summed E-state index contributed by atoms with van der Waals surface area (Å²) in [5, 5.41) is 11.8. The van der Waals surface area contributed by atoms with Crippen LogP contribution in [-0.2, 0) is 19.1 Å². The molecule has 0 saturated carbocycles. The number of hydrogen-bond donors (Lipinski definition) is 0. The third kappa shape index (κ3) is 2.32. The second-order valence-electron chi connectivity index (χ2n) is 4.59. The molecule has 0 unspecified atom stereocenters. The van der Waals surface area contributed by atoms with E-state index < -0.39 is 33.3 Å². The summed E-state index contributed by atoms with van der Waals surface area (Å²) in [7, 11) is -5.97. The van der Waals surface area contributed by atoms with E-state index in [1.807, 2.05) is 0 Å². The topological polar surface area (TPSA) is 99.1 Å². The van der Waals surface area contributed by atoms with Gasteiger partial charge in [0.05, 0.1) is 23.9 Å². The number of nitrogens with zero attached hydrogens (tertiary/aromatic N) is 2. The van der Waals surface area contributed by atoms with Crippen molar-refractivity contribution in [1.82, 2.24) is 4.90 Å². The lowest BCUT2D eigenvalue weighted by molar-refractivity contribution is -0.297. The van der Waals surface area contributed by atoms with E-state index in [4.69, 9.17) is 0 Å². The molecule has 0 aliphatic carbocycles. The molecule has 2 bridgehead atoms. The largest absolute Gasteiger partial charge is 0.543 e. The van der Waals surface area contributed by atoms with Crippen molar-refractivity contribution in [3.05, 3.63) is 34.7 Å². The van der Waals surface area contributed by atoms with Gasteiger partial charge in [-0.1, -0.05) is 24.3 Å². The highest BCUT2D eigenvalue weighted by Crippen LogP contribution is 2.28. The third-order valence-electron chi connectivity index (χ3n) is 3.19. The van der Waals surface area contributed by atoms with Crippen LogP contribution in [0.3, 0.4) is 0 Å². The molecule has 0 N–H and O–H groups in total. The van der Waals surface area contributed by atoms with Crippen LogP contribution in [0.25, 0.3) is 11.4 Å². The number of amidine groups is 1. The zero-order chi connectivity index (χ0) is 17.0. The fourth-order valence-electron chi connectivity index (χ4n) is 2.26. The highest BCUT2D eigenvalue weighted by Gasteiger charge is 2.50. The summed E-state index contributed by atoms with van der Waals surface area (Å²) in [4.78, 5) is 15.7. The Balaban J connectivity index is 2.17. The van der Waals surface area contributed by atoms with E-state index in [-0.39, 0.29) is 17.5 Å². The van der Waals surface area contributed by atoms with E-state index in [1.54, 1.807) is 6.07 Å². The molecule has 0 atom stereocenters. The Morgan fingerprint density at radius 1 is 1.26 bits per heavy atom. The predicted octanol–water partition coefficient (Wildman–Crippen LogP) is -1.80. The van der Waals surface area contributed by atoms with Crippen LogP contribution in [-0.4, -0.2) is 37.4 Å². The lowest BCUT2D eigenvalue weighted by atomic mass is 10.1. The Hall–Kier alpha value is -2.56. The molecule has 2 aliphatic rings. The SMILES string of the molecule is O=C([O-])C1=c2ccccc2=C2CN1C(OS(=O)(=O)C(F)(F)F)=N2. The minimum atomic E-state index is -5.97. The maximum atomic E-state index is 12.4. The Morgan fingerprint density at radius 2 is 1.87 bits per heavy atom. The first-order chi connectivity index (χ1) is 10.6. The van der Waals surface area contributed by atoms with Crippen molar-refractivity contribution in [2.75, 3.05) is 6.54 Å². The van der Waals surface area contributed by atoms with Crippen LogP contribution in [0.4, 0.5) is 13.2 Å². The highest BCUT2D eigenvalue weighted by molar-refractivity contribution is 7.88. The van der Waals surface area contributed by atoms with E-state index in [2.05, 4.69) is 9.18 Å². The molecule has 0 spiro atoms. The number of benzene rings is 1. The van der Waals surface area contributed by atoms with Crippen LogP contribution < -0.4 is 15.5 Å². The molecule has 0 amide bonds. The standard InChI is InChI=1S/C12H7F3N2O5S/c13-12(14,15)23(20,21)22-11-16-8-5-17(11)9(10(18)19)7-4-2-1-3-6(7)8/h1-4H,5H2,(H,18,19)/p-1. The van der Waals surface area contributed by atoms with Gasteiger partial charge in [0.2, 0.25) is 0 Å². The van der Waals surface area contributed by atoms with Crippen LogP contribution in [0.1, 0.15) is 0 Å². The molecule has 23 heavy (non-hydrogen) atoms. The second-order valence-corrected chi connectivity index (χ2v) is 6.13. The number of rotatable bonds is 2. The summed E-state index contributed by atoms with van der Waals surface area (Å²) in [5.41, 5.74) is -5.98. The van der Waals surface area contributed by atoms with Gasteiger partial charge in [0.25, 0.3) is 0 Å². The van der Waals surface area contributed by atoms with Gasteiger partial charge in [-0.25, -0.2) is 0 Å². The molecule has 122 valence electrons. The van der Waals surface area contributed by atoms with Gasteiger partial charge < -0.3 is 14.1 Å². The van der Waals surface area contributed by atoms with Crippen molar-refractivity contribution in [3.8, 4) is 0 Å². The van der Waals surface area contributed by atoms with Gasteiger partial charge in [-0.3, -0.25) is 4.90 Å². The van der Waals surface area contributed by atoms with E-state index in [0.29, 0.717) is 5.22 Å². The number of aliphatic imine (C=N–C) groups is 1. The molecule has 0 saturated heterocycles. The predicted molar refractivity (Wildman–Crippen MR) is 67.7 cm³/mol. The zero-order valence-corrected chi connectivity index (χ0v) is 11.8. The molecular formula is C12H6F3N2O5S-. The third-order valence-corrected chi connectivity index (χ3v) is 4.13. The maximum Gasteiger partial charge on any atom is 0.534 e. The van der Waals surface area contributed by atoms with Gasteiger partial charge in [0, 0.05) is 10.4 Å². The van der Waals surface area contributed by atoms with Gasteiger partial charge in [-0.15, -0.1) is 0 Å². The molecule has 1 aromatic carbocycles. The Morgan fingerprint density at radius 3 is 2.43 bits per heavy atom. The van der Waals surface area contributed by atoms with Gasteiger partial charge in [-0.05, 0) is 0 Å². The van der Waals surface area contributed by atoms with E-state index in [9.17, 15) is 31.5 Å². The van der Waals surface area contributed by atoms with Crippen LogP contribution in [0.15, 0.2) is 29.3 Å². The number of aliphatic carboxylic acids is 1. The molecular weight excluding hydrogens is 341 g/mol. The average Bonchev–Trinajstić information content (AvgIpc) is 2.76. The number of alkyl halides is 3. The van der Waals surface area contributed by atoms with E-state index in [0.717, 1.165) is 4.90 Å². The number of carbonyl (C=O) groups is 1. The van der Waals surface area contributed by atoms with E-state index in [1.165, 1.54) is 18.2 Å². The van der Waals surface area contributed by atoms with Crippen LogP contribution in [0.5, 0.6) is 0 Å². The van der Waals surface area contributed by atoms with Crippen molar-refractivity contribution >= 4 is 33.5 Å². The summed E-state index contributed by atoms with van der Waals surface area (Å²) < 4.78 is 63.5. The number of carboxylic acid groups (broad SMARTS) is 1. The Labute approximate surface area is 126 Å². The first-order valence-corrected chi connectivity index (χ1v) is 7.43. The van der Waals surface area contributed by atoms with Crippen molar-refractivity contribution in [1.29, 1.82) is 0 Å². The summed E-state index contributed by atoms with van der Waals surface area (Å²) in [6.45, 7) is -0.233. The lowest BCUT2D eigenvalue weighted by Gasteiger charge is -2.25. The number of hydrogen-bond acceptors (Lipinski definition) is 7.